The lowest BCUT2D eigenvalue weighted by molar-refractivity contribution is -0.118. The monoisotopic (exact) mass is 366 g/mol. The summed E-state index contributed by atoms with van der Waals surface area (Å²) >= 11 is 5.75. The minimum atomic E-state index is -3.65. The van der Waals surface area contributed by atoms with Crippen molar-refractivity contribution < 1.29 is 13.2 Å². The molecule has 0 aliphatic heterocycles. The third kappa shape index (κ3) is 4.80. The van der Waals surface area contributed by atoms with Crippen LogP contribution in [0.3, 0.4) is 0 Å². The molecule has 0 saturated heterocycles. The Balaban J connectivity index is 1.95. The minimum Gasteiger partial charge on any atom is -0.313 e. The van der Waals surface area contributed by atoms with Gasteiger partial charge >= 0.3 is 0 Å². The fourth-order valence-electron chi connectivity index (χ4n) is 2.24. The average Bonchev–Trinajstić information content (AvgIpc) is 2.57. The number of rotatable bonds is 7. The first-order valence-corrected chi connectivity index (χ1v) is 9.41. The van der Waals surface area contributed by atoms with Crippen LogP contribution in [0.25, 0.3) is 0 Å². The maximum Gasteiger partial charge on any atom is 0.240 e. The van der Waals surface area contributed by atoms with E-state index in [1.54, 1.807) is 4.90 Å². The number of carbonyl (C=O) groups is 1. The average molecular weight is 367 g/mol. The first-order valence-electron chi connectivity index (χ1n) is 7.54. The van der Waals surface area contributed by atoms with Crippen molar-refractivity contribution >= 4 is 33.2 Å². The smallest absolute Gasteiger partial charge is 0.240 e. The van der Waals surface area contributed by atoms with Gasteiger partial charge in [-0.2, -0.15) is 0 Å². The number of amides is 1. The number of nitrogens with one attached hydrogen (secondary N) is 1. The molecule has 0 bridgehead atoms. The predicted molar refractivity (Wildman–Crippen MR) is 95.7 cm³/mol. The van der Waals surface area contributed by atoms with Crippen LogP contribution in [0, 0.1) is 0 Å². The van der Waals surface area contributed by atoms with Crippen LogP contribution in [-0.2, 0) is 14.8 Å². The summed E-state index contributed by atoms with van der Waals surface area (Å²) in [4.78, 5) is 14.1. The van der Waals surface area contributed by atoms with E-state index in [4.69, 9.17) is 11.6 Å². The van der Waals surface area contributed by atoms with Crippen LogP contribution in [-0.4, -0.2) is 27.4 Å². The summed E-state index contributed by atoms with van der Waals surface area (Å²) in [6, 6.07) is 15.2. The van der Waals surface area contributed by atoms with Crippen molar-refractivity contribution in [3.63, 3.8) is 0 Å². The highest BCUT2D eigenvalue weighted by Gasteiger charge is 2.17. The summed E-state index contributed by atoms with van der Waals surface area (Å²) in [5.41, 5.74) is 0.797. The molecule has 1 N–H and O–H groups in total. The minimum absolute atomic E-state index is 0.0348. The van der Waals surface area contributed by atoms with E-state index in [2.05, 4.69) is 4.72 Å². The fourth-order valence-corrected chi connectivity index (χ4v) is 3.39. The summed E-state index contributed by atoms with van der Waals surface area (Å²) in [5.74, 6) is -0.137. The Morgan fingerprint density at radius 3 is 2.29 bits per heavy atom. The van der Waals surface area contributed by atoms with Crippen LogP contribution >= 0.6 is 11.6 Å². The molecule has 7 heteroatoms. The van der Waals surface area contributed by atoms with Crippen molar-refractivity contribution in [2.75, 3.05) is 18.0 Å². The van der Waals surface area contributed by atoms with E-state index in [1.165, 1.54) is 24.3 Å². The zero-order chi connectivity index (χ0) is 17.6. The van der Waals surface area contributed by atoms with Crippen LogP contribution in [0.15, 0.2) is 59.5 Å². The van der Waals surface area contributed by atoms with Crippen LogP contribution in [0.5, 0.6) is 0 Å². The number of benzene rings is 2. The van der Waals surface area contributed by atoms with Gasteiger partial charge in [0.15, 0.2) is 0 Å². The second-order valence-electron chi connectivity index (χ2n) is 5.08. The van der Waals surface area contributed by atoms with Gasteiger partial charge < -0.3 is 4.90 Å². The number of sulfonamides is 1. The summed E-state index contributed by atoms with van der Waals surface area (Å²) in [7, 11) is -3.65. The van der Waals surface area contributed by atoms with Crippen LogP contribution in [0.2, 0.25) is 5.02 Å². The zero-order valence-corrected chi connectivity index (χ0v) is 14.8. The van der Waals surface area contributed by atoms with E-state index in [-0.39, 0.29) is 23.8 Å². The molecule has 2 aromatic rings. The van der Waals surface area contributed by atoms with Gasteiger partial charge in [-0.05, 0) is 43.3 Å². The van der Waals surface area contributed by atoms with E-state index in [1.807, 2.05) is 37.3 Å². The van der Waals surface area contributed by atoms with Gasteiger partial charge in [0.05, 0.1) is 4.90 Å². The van der Waals surface area contributed by atoms with E-state index in [0.29, 0.717) is 11.6 Å². The van der Waals surface area contributed by atoms with Crippen molar-refractivity contribution in [2.24, 2.45) is 0 Å². The lowest BCUT2D eigenvalue weighted by atomic mass is 10.2. The summed E-state index contributed by atoms with van der Waals surface area (Å²) in [5, 5.41) is 0.463. The molecule has 2 rings (SSSR count). The number of halogens is 1. The number of anilines is 1. The number of para-hydroxylation sites is 1. The lowest BCUT2D eigenvalue weighted by Crippen LogP contribution is -2.34. The molecule has 5 nitrogen and oxygen atoms in total. The van der Waals surface area contributed by atoms with Crippen molar-refractivity contribution in [3.8, 4) is 0 Å². The van der Waals surface area contributed by atoms with Crippen molar-refractivity contribution in [1.29, 1.82) is 0 Å². The van der Waals surface area contributed by atoms with Crippen LogP contribution in [0.1, 0.15) is 13.3 Å². The molecule has 2 aromatic carbocycles. The quantitative estimate of drug-likeness (QED) is 0.818. The first-order chi connectivity index (χ1) is 11.4. The third-order valence-electron chi connectivity index (χ3n) is 3.44. The highest BCUT2D eigenvalue weighted by molar-refractivity contribution is 7.89. The Morgan fingerprint density at radius 2 is 1.71 bits per heavy atom. The van der Waals surface area contributed by atoms with Crippen LogP contribution < -0.4 is 9.62 Å². The fraction of sp³-hybridized carbons (Fsp3) is 0.235. The summed E-state index contributed by atoms with van der Waals surface area (Å²) < 4.78 is 26.7. The first kappa shape index (κ1) is 18.4. The number of hydrogen-bond donors (Lipinski definition) is 1. The SMILES string of the molecule is CCN(C(=O)CCNS(=O)(=O)c1ccc(Cl)cc1)c1ccccc1. The molecule has 0 heterocycles. The second kappa shape index (κ2) is 8.28. The Bertz CT molecular complexity index is 777. The van der Waals surface area contributed by atoms with Gasteiger partial charge in [-0.3, -0.25) is 4.79 Å². The van der Waals surface area contributed by atoms with Crippen molar-refractivity contribution in [1.82, 2.24) is 4.72 Å². The molecular weight excluding hydrogens is 348 g/mol. The molecule has 128 valence electrons. The number of carbonyl (C=O) groups excluding carboxylic acids is 1. The standard InChI is InChI=1S/C17H19ClN2O3S/c1-2-20(15-6-4-3-5-7-15)17(21)12-13-19-24(22,23)16-10-8-14(18)9-11-16/h3-11,19H,2,12-13H2,1H3. The molecule has 0 unspecified atom stereocenters. The topological polar surface area (TPSA) is 66.5 Å². The summed E-state index contributed by atoms with van der Waals surface area (Å²) in [6.07, 6.45) is 0.0789. The van der Waals surface area contributed by atoms with E-state index < -0.39 is 10.0 Å². The Kier molecular flexibility index (Phi) is 6.36. The molecular formula is C17H19ClN2O3S. The van der Waals surface area contributed by atoms with Crippen LogP contribution in [0.4, 0.5) is 5.69 Å². The van der Waals surface area contributed by atoms with Gasteiger partial charge in [-0.1, -0.05) is 29.8 Å². The molecule has 0 radical (unpaired) electrons. The highest BCUT2D eigenvalue weighted by atomic mass is 35.5. The molecule has 0 fully saturated rings. The van der Waals surface area contributed by atoms with Crippen molar-refractivity contribution in [3.05, 3.63) is 59.6 Å². The molecule has 0 spiro atoms. The van der Waals surface area contributed by atoms with E-state index >= 15 is 0 Å². The Morgan fingerprint density at radius 1 is 1.08 bits per heavy atom. The Labute approximate surface area is 147 Å². The normalized spacial score (nSPS) is 11.2. The summed E-state index contributed by atoms with van der Waals surface area (Å²) in [6.45, 7) is 2.43. The molecule has 1 amide bonds. The maximum atomic E-state index is 12.3. The largest absolute Gasteiger partial charge is 0.313 e. The van der Waals surface area contributed by atoms with Gasteiger partial charge in [0.2, 0.25) is 15.9 Å². The number of hydrogen-bond acceptors (Lipinski definition) is 3. The lowest BCUT2D eigenvalue weighted by Gasteiger charge is -2.21. The predicted octanol–water partition coefficient (Wildman–Crippen LogP) is 3.06. The molecule has 0 aliphatic carbocycles. The van der Waals surface area contributed by atoms with Crippen molar-refractivity contribution in [2.45, 2.75) is 18.2 Å². The second-order valence-corrected chi connectivity index (χ2v) is 7.28. The third-order valence-corrected chi connectivity index (χ3v) is 5.17. The Hall–Kier alpha value is -1.89. The molecule has 24 heavy (non-hydrogen) atoms. The van der Waals surface area contributed by atoms with E-state index in [0.717, 1.165) is 5.69 Å². The number of nitrogens with zero attached hydrogens (tertiary/aromatic N) is 1. The van der Waals surface area contributed by atoms with E-state index in [9.17, 15) is 13.2 Å². The maximum absolute atomic E-state index is 12.3. The van der Waals surface area contributed by atoms with Gasteiger partial charge in [-0.25, -0.2) is 13.1 Å². The highest BCUT2D eigenvalue weighted by Crippen LogP contribution is 2.15. The molecule has 0 saturated carbocycles. The molecule has 0 aromatic heterocycles. The van der Waals surface area contributed by atoms with Gasteiger partial charge in [-0.15, -0.1) is 0 Å². The van der Waals surface area contributed by atoms with Gasteiger partial charge in [0, 0.05) is 30.2 Å². The van der Waals surface area contributed by atoms with Gasteiger partial charge in [0.1, 0.15) is 0 Å². The molecule has 0 atom stereocenters. The zero-order valence-electron chi connectivity index (χ0n) is 13.3. The molecule has 0 aliphatic rings. The van der Waals surface area contributed by atoms with Gasteiger partial charge in [0.25, 0.3) is 0 Å².